The van der Waals surface area contributed by atoms with E-state index in [1.165, 1.54) is 27.8 Å². The summed E-state index contributed by atoms with van der Waals surface area (Å²) in [5.41, 5.74) is 2.51. The molecule has 4 atom stereocenters. The average Bonchev–Trinajstić information content (AvgIpc) is 3.64. The first-order valence-electron chi connectivity index (χ1n) is 20.8. The van der Waals surface area contributed by atoms with Gasteiger partial charge in [0.05, 0.1) is 35.0 Å². The molecule has 6 heterocycles. The van der Waals surface area contributed by atoms with Gasteiger partial charge in [0.15, 0.2) is 5.82 Å². The molecule has 0 radical (unpaired) electrons. The molecule has 15 nitrogen and oxygen atoms in total. The number of halogens is 2. The van der Waals surface area contributed by atoms with Crippen molar-refractivity contribution in [3.05, 3.63) is 81.9 Å². The number of rotatable bonds is 10. The second-order valence-corrected chi connectivity index (χ2v) is 17.1. The van der Waals surface area contributed by atoms with Crippen molar-refractivity contribution in [1.29, 1.82) is 0 Å². The van der Waals surface area contributed by atoms with E-state index in [4.69, 9.17) is 9.72 Å². The number of aliphatic hydroxyl groups excluding tert-OH is 1. The van der Waals surface area contributed by atoms with Crippen LogP contribution in [0.15, 0.2) is 53.7 Å². The number of alkyl halides is 1. The molecular formula is C43H49F2N9O6. The number of nitrogens with one attached hydrogen (secondary N) is 2. The number of hydrogen-bond acceptors (Lipinski definition) is 9. The molecule has 2 saturated heterocycles. The average molecular weight is 826 g/mol. The van der Waals surface area contributed by atoms with Gasteiger partial charge in [-0.3, -0.25) is 29.3 Å². The predicted molar refractivity (Wildman–Crippen MR) is 219 cm³/mol. The zero-order valence-electron chi connectivity index (χ0n) is 33.8. The van der Waals surface area contributed by atoms with E-state index in [1.807, 2.05) is 24.4 Å². The molecule has 1 aromatic carbocycles. The van der Waals surface area contributed by atoms with Gasteiger partial charge in [-0.1, -0.05) is 0 Å². The van der Waals surface area contributed by atoms with Crippen LogP contribution < -0.4 is 25.8 Å². The van der Waals surface area contributed by atoms with Crippen LogP contribution in [0.1, 0.15) is 98.3 Å². The number of amides is 4. The molecule has 2 saturated carbocycles. The van der Waals surface area contributed by atoms with Gasteiger partial charge in [0.25, 0.3) is 11.5 Å². The molecule has 4 amide bonds. The van der Waals surface area contributed by atoms with Crippen LogP contribution in [0.4, 0.5) is 25.1 Å². The number of anilines is 2. The maximum atomic E-state index is 15.8. The number of benzene rings is 1. The molecule has 3 N–H and O–H groups in total. The minimum absolute atomic E-state index is 0.0674. The Balaban J connectivity index is 0.829. The zero-order chi connectivity index (χ0) is 42.0. The summed E-state index contributed by atoms with van der Waals surface area (Å²) in [7, 11) is 1.73. The Labute approximate surface area is 344 Å². The standard InChI is InChI=1S/C43H49F2N9O6/c1-23(2)60-37-18-38-46-33(21-52(38)20-29(37)41(57)47-32-5-4-12-53(42(32)58)35-17-31(35)45)25-8-6-24(7-9-25)19-51-13-10-26(36(55)22-51)27-16-34-28(15-30(27)44)40(49-50(34)3)54-14-11-39(56)48-43(54)59/h4-5,12,15-16,18,20-21,23-26,31,35-36,55H,6-11,13-14,17,19,22H2,1-3H3,(H,47,57)(H,48,56,59)/t24?,25?,26-,31-,35+,36-/m1/s1. The van der Waals surface area contributed by atoms with Crippen molar-refractivity contribution < 1.29 is 33.0 Å². The highest BCUT2D eigenvalue weighted by Crippen LogP contribution is 2.40. The highest BCUT2D eigenvalue weighted by atomic mass is 19.1. The summed E-state index contributed by atoms with van der Waals surface area (Å²) in [5.74, 6) is -0.421. The van der Waals surface area contributed by atoms with Crippen LogP contribution >= 0.6 is 0 Å². The van der Waals surface area contributed by atoms with Crippen LogP contribution in [0.5, 0.6) is 5.75 Å². The van der Waals surface area contributed by atoms with Gasteiger partial charge in [-0.15, -0.1) is 0 Å². The van der Waals surface area contributed by atoms with E-state index in [2.05, 4.69) is 20.6 Å². The number of urea groups is 1. The van der Waals surface area contributed by atoms with Gasteiger partial charge in [0.2, 0.25) is 5.91 Å². The smallest absolute Gasteiger partial charge is 0.329 e. The van der Waals surface area contributed by atoms with E-state index in [0.29, 0.717) is 52.6 Å². The minimum atomic E-state index is -1.06. The highest BCUT2D eigenvalue weighted by Gasteiger charge is 2.40. The molecule has 0 spiro atoms. The number of imidazole rings is 1. The van der Waals surface area contributed by atoms with E-state index in [9.17, 15) is 28.7 Å². The van der Waals surface area contributed by atoms with Crippen molar-refractivity contribution in [2.24, 2.45) is 13.0 Å². The van der Waals surface area contributed by atoms with Gasteiger partial charge in [-0.05, 0) is 88.2 Å². The van der Waals surface area contributed by atoms with Crippen molar-refractivity contribution in [1.82, 2.24) is 33.9 Å². The quantitative estimate of drug-likeness (QED) is 0.167. The van der Waals surface area contributed by atoms with Crippen LogP contribution in [0.2, 0.25) is 0 Å². The fourth-order valence-electron chi connectivity index (χ4n) is 9.31. The van der Waals surface area contributed by atoms with Crippen molar-refractivity contribution in [3.8, 4) is 5.75 Å². The van der Waals surface area contributed by atoms with Gasteiger partial charge in [0.1, 0.15) is 29.1 Å². The van der Waals surface area contributed by atoms with Crippen molar-refractivity contribution >= 4 is 45.9 Å². The molecule has 4 fully saturated rings. The molecule has 4 aliphatic rings. The summed E-state index contributed by atoms with van der Waals surface area (Å²) < 4.78 is 40.3. The van der Waals surface area contributed by atoms with Gasteiger partial charge in [-0.25, -0.2) is 18.6 Å². The molecule has 2 aliphatic heterocycles. The van der Waals surface area contributed by atoms with Crippen LogP contribution in [-0.4, -0.2) is 96.1 Å². The number of nitrogens with zero attached hydrogens (tertiary/aromatic N) is 7. The number of aryl methyl sites for hydroxylation is 1. The fraction of sp³-hybridized carbons (Fsp3) is 0.488. The van der Waals surface area contributed by atoms with Gasteiger partial charge in [0, 0.05) is 81.4 Å². The number of aliphatic hydroxyl groups is 1. The fourth-order valence-corrected chi connectivity index (χ4v) is 9.31. The number of ether oxygens (including phenoxy) is 1. The maximum Gasteiger partial charge on any atom is 0.329 e. The van der Waals surface area contributed by atoms with Crippen LogP contribution in [0.25, 0.3) is 16.6 Å². The van der Waals surface area contributed by atoms with Crippen molar-refractivity contribution in [2.45, 2.75) is 95.1 Å². The van der Waals surface area contributed by atoms with Crippen LogP contribution in [-0.2, 0) is 11.8 Å². The first-order chi connectivity index (χ1) is 28.8. The monoisotopic (exact) mass is 825 g/mol. The number of β-amino-alcohol motifs (C(OH)–C–C–N with tert-alkyl or cyclic N) is 1. The number of aromatic nitrogens is 5. The lowest BCUT2D eigenvalue weighted by atomic mass is 9.80. The Morgan fingerprint density at radius 1 is 1.08 bits per heavy atom. The van der Waals surface area contributed by atoms with E-state index in [1.54, 1.807) is 36.1 Å². The number of hydrogen-bond donors (Lipinski definition) is 3. The lowest BCUT2D eigenvalue weighted by Gasteiger charge is -2.39. The van der Waals surface area contributed by atoms with Gasteiger partial charge >= 0.3 is 6.03 Å². The third-order valence-electron chi connectivity index (χ3n) is 12.5. The molecule has 0 bridgehead atoms. The van der Waals surface area contributed by atoms with E-state index >= 15 is 4.39 Å². The van der Waals surface area contributed by atoms with Crippen molar-refractivity contribution in [3.63, 3.8) is 0 Å². The largest absolute Gasteiger partial charge is 0.490 e. The molecule has 0 unspecified atom stereocenters. The first kappa shape index (κ1) is 39.8. The summed E-state index contributed by atoms with van der Waals surface area (Å²) in [6, 6.07) is 6.90. The highest BCUT2D eigenvalue weighted by molar-refractivity contribution is 6.09. The Kier molecular flexibility index (Phi) is 10.4. The SMILES string of the molecule is CC(C)Oc1cc2nc(C3CCC(CN4CC[C@H](c5cc6c(cc5F)c(N5CCC(=O)NC5=O)nn6C)[C@H](O)C4)CC3)cn2cc1C(=O)Nc1cccn([C@H]2C[C@H]2F)c1=O. The van der Waals surface area contributed by atoms with Crippen molar-refractivity contribution in [2.75, 3.05) is 36.4 Å². The molecule has 17 heteroatoms. The Morgan fingerprint density at radius 2 is 1.87 bits per heavy atom. The molecule has 9 rings (SSSR count). The summed E-state index contributed by atoms with van der Waals surface area (Å²) in [5, 5.41) is 21.3. The summed E-state index contributed by atoms with van der Waals surface area (Å²) in [6.07, 6.45) is 7.96. The minimum Gasteiger partial charge on any atom is -0.490 e. The second-order valence-electron chi connectivity index (χ2n) is 17.1. The van der Waals surface area contributed by atoms with Crippen LogP contribution in [0.3, 0.4) is 0 Å². The molecular weight excluding hydrogens is 777 g/mol. The predicted octanol–water partition coefficient (Wildman–Crippen LogP) is 5.41. The number of carbonyl (C=O) groups is 3. The third-order valence-corrected chi connectivity index (χ3v) is 12.5. The Hall–Kier alpha value is -5.68. The Bertz CT molecular complexity index is 2560. The maximum absolute atomic E-state index is 15.8. The summed E-state index contributed by atoms with van der Waals surface area (Å²) in [4.78, 5) is 59.4. The normalized spacial score (nSPS) is 24.9. The van der Waals surface area contributed by atoms with Gasteiger partial charge in [-0.2, -0.15) is 5.10 Å². The topological polar surface area (TPSA) is 168 Å². The number of fused-ring (bicyclic) bond motifs is 2. The third kappa shape index (κ3) is 7.64. The molecule has 4 aromatic heterocycles. The number of pyridine rings is 2. The van der Waals surface area contributed by atoms with Gasteiger partial charge < -0.3 is 29.0 Å². The van der Waals surface area contributed by atoms with Crippen LogP contribution in [0, 0.1) is 11.7 Å². The number of carbonyl (C=O) groups excluding carboxylic acids is 3. The molecule has 316 valence electrons. The van der Waals surface area contributed by atoms with E-state index in [-0.39, 0.29) is 48.6 Å². The first-order valence-corrected chi connectivity index (χ1v) is 20.8. The molecule has 2 aliphatic carbocycles. The van der Waals surface area contributed by atoms with E-state index in [0.717, 1.165) is 44.5 Å². The molecule has 60 heavy (non-hydrogen) atoms. The number of likely N-dealkylation sites (tertiary alicyclic amines) is 1. The zero-order valence-corrected chi connectivity index (χ0v) is 33.8. The Morgan fingerprint density at radius 3 is 2.58 bits per heavy atom. The number of piperidine rings is 1. The molecule has 5 aromatic rings. The number of imide groups is 1. The summed E-state index contributed by atoms with van der Waals surface area (Å²) in [6.45, 7) is 5.89. The van der Waals surface area contributed by atoms with E-state index < -0.39 is 47.6 Å². The summed E-state index contributed by atoms with van der Waals surface area (Å²) >= 11 is 0. The lowest BCUT2D eigenvalue weighted by molar-refractivity contribution is -0.120. The second kappa shape index (κ2) is 15.7. The lowest BCUT2D eigenvalue weighted by Crippen LogP contribution is -2.49.